The molecule has 2 amide bonds. The van der Waals surface area contributed by atoms with Crippen LogP contribution < -0.4 is 16.4 Å². The maximum Gasteiger partial charge on any atom is 0.237 e. The number of halogens is 1. The van der Waals surface area contributed by atoms with Crippen LogP contribution >= 0.6 is 12.4 Å². The van der Waals surface area contributed by atoms with E-state index < -0.39 is 6.04 Å². The lowest BCUT2D eigenvalue weighted by molar-refractivity contribution is -0.125. The maximum absolute atomic E-state index is 11.8. The van der Waals surface area contributed by atoms with Gasteiger partial charge in [0.25, 0.3) is 0 Å². The molecule has 0 aliphatic carbocycles. The number of amides is 2. The highest BCUT2D eigenvalue weighted by molar-refractivity contribution is 5.85. The summed E-state index contributed by atoms with van der Waals surface area (Å²) in [6, 6.07) is 9.07. The second-order valence-corrected chi connectivity index (χ2v) is 5.03. The Morgan fingerprint density at radius 3 is 2.10 bits per heavy atom. The highest BCUT2D eigenvalue weighted by atomic mass is 35.5. The molecule has 0 aliphatic rings. The number of benzene rings is 1. The van der Waals surface area contributed by atoms with Gasteiger partial charge in [-0.2, -0.15) is 0 Å². The van der Waals surface area contributed by atoms with Crippen molar-refractivity contribution in [3.63, 3.8) is 0 Å². The number of hydrogen-bond donors (Lipinski definition) is 3. The SMILES string of the molecule is CC(C)C(=O)NCCNC(=O)[C@@H](N)Cc1ccccc1.Cl. The van der Waals surface area contributed by atoms with Crippen LogP contribution in [0.25, 0.3) is 0 Å². The van der Waals surface area contributed by atoms with Crippen molar-refractivity contribution in [2.24, 2.45) is 11.7 Å². The summed E-state index contributed by atoms with van der Waals surface area (Å²) < 4.78 is 0. The van der Waals surface area contributed by atoms with Gasteiger partial charge in [-0.25, -0.2) is 0 Å². The van der Waals surface area contributed by atoms with Crippen LogP contribution in [-0.4, -0.2) is 30.9 Å². The summed E-state index contributed by atoms with van der Waals surface area (Å²) >= 11 is 0. The molecule has 0 radical (unpaired) electrons. The summed E-state index contributed by atoms with van der Waals surface area (Å²) in [5.41, 5.74) is 6.87. The molecule has 4 N–H and O–H groups in total. The minimum absolute atomic E-state index is 0. The maximum atomic E-state index is 11.8. The quantitative estimate of drug-likeness (QED) is 0.653. The standard InChI is InChI=1S/C15H23N3O2.ClH/c1-11(2)14(19)17-8-9-18-15(20)13(16)10-12-6-4-3-5-7-12;/h3-7,11,13H,8-10,16H2,1-2H3,(H,17,19)(H,18,20);1H/t13-;/m0./s1. The summed E-state index contributed by atoms with van der Waals surface area (Å²) in [7, 11) is 0. The summed E-state index contributed by atoms with van der Waals surface area (Å²) in [6.07, 6.45) is 0.505. The number of nitrogens with two attached hydrogens (primary N) is 1. The summed E-state index contributed by atoms with van der Waals surface area (Å²) in [6.45, 7) is 4.45. The number of nitrogens with one attached hydrogen (secondary N) is 2. The van der Waals surface area contributed by atoms with Gasteiger partial charge >= 0.3 is 0 Å². The van der Waals surface area contributed by atoms with Gasteiger partial charge in [0.05, 0.1) is 6.04 Å². The minimum Gasteiger partial charge on any atom is -0.354 e. The van der Waals surface area contributed by atoms with Crippen molar-refractivity contribution in [2.75, 3.05) is 13.1 Å². The molecule has 6 heteroatoms. The fraction of sp³-hybridized carbons (Fsp3) is 0.467. The first-order chi connectivity index (χ1) is 9.50. The van der Waals surface area contributed by atoms with Gasteiger partial charge in [-0.1, -0.05) is 44.2 Å². The summed E-state index contributed by atoms with van der Waals surface area (Å²) in [5.74, 6) is -0.272. The second kappa shape index (κ2) is 10.2. The molecule has 1 rings (SSSR count). The Labute approximate surface area is 132 Å². The molecule has 0 spiro atoms. The molecule has 1 atom stereocenters. The zero-order valence-electron chi connectivity index (χ0n) is 12.5. The Morgan fingerprint density at radius 2 is 1.57 bits per heavy atom. The lowest BCUT2D eigenvalue weighted by Crippen LogP contribution is -2.44. The predicted molar refractivity (Wildman–Crippen MR) is 86.2 cm³/mol. The second-order valence-electron chi connectivity index (χ2n) is 5.03. The molecule has 0 aromatic heterocycles. The van der Waals surface area contributed by atoms with Gasteiger partial charge in [0.15, 0.2) is 0 Å². The number of carbonyl (C=O) groups excluding carboxylic acids is 2. The highest BCUT2D eigenvalue weighted by Gasteiger charge is 2.13. The van der Waals surface area contributed by atoms with E-state index in [1.807, 2.05) is 44.2 Å². The third kappa shape index (κ3) is 7.68. The normalized spacial score (nSPS) is 11.4. The van der Waals surface area contributed by atoms with Crippen LogP contribution in [0.5, 0.6) is 0 Å². The Morgan fingerprint density at radius 1 is 1.05 bits per heavy atom. The number of carbonyl (C=O) groups is 2. The summed E-state index contributed by atoms with van der Waals surface area (Å²) in [5, 5.41) is 5.45. The smallest absolute Gasteiger partial charge is 0.237 e. The van der Waals surface area contributed by atoms with E-state index in [4.69, 9.17) is 5.73 Å². The van der Waals surface area contributed by atoms with Gasteiger partial charge in [0.2, 0.25) is 11.8 Å². The van der Waals surface area contributed by atoms with Crippen LogP contribution in [0.1, 0.15) is 19.4 Å². The molecule has 21 heavy (non-hydrogen) atoms. The molecule has 0 saturated carbocycles. The Balaban J connectivity index is 0.00000400. The molecule has 1 aromatic rings. The largest absolute Gasteiger partial charge is 0.354 e. The van der Waals surface area contributed by atoms with Crippen molar-refractivity contribution in [3.05, 3.63) is 35.9 Å². The van der Waals surface area contributed by atoms with E-state index in [2.05, 4.69) is 10.6 Å². The van der Waals surface area contributed by atoms with Crippen molar-refractivity contribution >= 4 is 24.2 Å². The molecular weight excluding hydrogens is 290 g/mol. The highest BCUT2D eigenvalue weighted by Crippen LogP contribution is 2.01. The molecule has 0 bridgehead atoms. The predicted octanol–water partition coefficient (Wildman–Crippen LogP) is 0.867. The van der Waals surface area contributed by atoms with E-state index in [9.17, 15) is 9.59 Å². The topological polar surface area (TPSA) is 84.2 Å². The van der Waals surface area contributed by atoms with E-state index in [1.165, 1.54) is 0 Å². The lowest BCUT2D eigenvalue weighted by atomic mass is 10.1. The van der Waals surface area contributed by atoms with Gasteiger partial charge in [0, 0.05) is 19.0 Å². The van der Waals surface area contributed by atoms with Crippen LogP contribution in [0.15, 0.2) is 30.3 Å². The van der Waals surface area contributed by atoms with E-state index in [-0.39, 0.29) is 30.1 Å². The van der Waals surface area contributed by atoms with Crippen molar-refractivity contribution in [3.8, 4) is 0 Å². The minimum atomic E-state index is -0.571. The van der Waals surface area contributed by atoms with Gasteiger partial charge in [-0.3, -0.25) is 9.59 Å². The van der Waals surface area contributed by atoms with Crippen molar-refractivity contribution in [2.45, 2.75) is 26.3 Å². The van der Waals surface area contributed by atoms with Crippen LogP contribution in [0.4, 0.5) is 0 Å². The third-order valence-corrected chi connectivity index (χ3v) is 2.88. The van der Waals surface area contributed by atoms with E-state index in [0.717, 1.165) is 5.56 Å². The molecule has 1 aromatic carbocycles. The molecule has 0 saturated heterocycles. The number of rotatable bonds is 7. The van der Waals surface area contributed by atoms with Gasteiger partial charge < -0.3 is 16.4 Å². The molecule has 0 fully saturated rings. The number of hydrogen-bond acceptors (Lipinski definition) is 3. The van der Waals surface area contributed by atoms with Gasteiger partial charge in [-0.15, -0.1) is 12.4 Å². The molecular formula is C15H24ClN3O2. The van der Waals surface area contributed by atoms with Crippen molar-refractivity contribution in [1.29, 1.82) is 0 Å². The summed E-state index contributed by atoms with van der Waals surface area (Å²) in [4.78, 5) is 23.1. The fourth-order valence-electron chi connectivity index (χ4n) is 1.67. The molecule has 118 valence electrons. The first-order valence-corrected chi connectivity index (χ1v) is 6.85. The molecule has 0 heterocycles. The van der Waals surface area contributed by atoms with Crippen LogP contribution in [0, 0.1) is 5.92 Å². The zero-order chi connectivity index (χ0) is 15.0. The average Bonchev–Trinajstić information content (AvgIpc) is 2.43. The van der Waals surface area contributed by atoms with Crippen LogP contribution in [-0.2, 0) is 16.0 Å². The molecule has 0 unspecified atom stereocenters. The first-order valence-electron chi connectivity index (χ1n) is 6.85. The van der Waals surface area contributed by atoms with Crippen LogP contribution in [0.2, 0.25) is 0 Å². The first kappa shape index (κ1) is 19.4. The van der Waals surface area contributed by atoms with E-state index in [0.29, 0.717) is 19.5 Å². The van der Waals surface area contributed by atoms with E-state index in [1.54, 1.807) is 0 Å². The Kier molecular flexibility index (Phi) is 9.41. The molecule has 0 aliphatic heterocycles. The molecule has 5 nitrogen and oxygen atoms in total. The van der Waals surface area contributed by atoms with Gasteiger partial charge in [-0.05, 0) is 12.0 Å². The average molecular weight is 314 g/mol. The Bertz CT molecular complexity index is 438. The lowest BCUT2D eigenvalue weighted by Gasteiger charge is -2.13. The monoisotopic (exact) mass is 313 g/mol. The fourth-order valence-corrected chi connectivity index (χ4v) is 1.67. The van der Waals surface area contributed by atoms with Crippen LogP contribution in [0.3, 0.4) is 0 Å². The zero-order valence-corrected chi connectivity index (χ0v) is 13.3. The van der Waals surface area contributed by atoms with Gasteiger partial charge in [0.1, 0.15) is 0 Å². The van der Waals surface area contributed by atoms with Crippen molar-refractivity contribution < 1.29 is 9.59 Å². The third-order valence-electron chi connectivity index (χ3n) is 2.88. The Hall–Kier alpha value is -1.59. The van der Waals surface area contributed by atoms with E-state index >= 15 is 0 Å². The van der Waals surface area contributed by atoms with Crippen molar-refractivity contribution in [1.82, 2.24) is 10.6 Å².